The largest absolute Gasteiger partial charge is 0.378 e. The zero-order valence-corrected chi connectivity index (χ0v) is 12.3. The zero-order valence-electron chi connectivity index (χ0n) is 12.3. The van der Waals surface area contributed by atoms with E-state index in [1.54, 1.807) is 0 Å². The second-order valence-corrected chi connectivity index (χ2v) is 6.29. The maximum Gasteiger partial charge on any atom is 0.0580 e. The SMILES string of the molecule is CCNC(CC1CCCC1)CC1CC(OCC)C1. The molecule has 0 aromatic rings. The Bertz CT molecular complexity index is 219. The Kier molecular flexibility index (Phi) is 5.97. The van der Waals surface area contributed by atoms with E-state index >= 15 is 0 Å². The van der Waals surface area contributed by atoms with Gasteiger partial charge in [-0.3, -0.25) is 0 Å². The average molecular weight is 253 g/mol. The van der Waals surface area contributed by atoms with Crippen molar-refractivity contribution in [1.82, 2.24) is 5.32 Å². The first kappa shape index (κ1) is 14.3. The summed E-state index contributed by atoms with van der Waals surface area (Å²) in [5.74, 6) is 1.93. The predicted molar refractivity (Wildman–Crippen MR) is 76.8 cm³/mol. The minimum absolute atomic E-state index is 0.578. The van der Waals surface area contributed by atoms with Crippen LogP contribution in [0.4, 0.5) is 0 Å². The summed E-state index contributed by atoms with van der Waals surface area (Å²) in [6, 6.07) is 0.769. The molecule has 2 saturated carbocycles. The summed E-state index contributed by atoms with van der Waals surface area (Å²) in [4.78, 5) is 0. The Morgan fingerprint density at radius 2 is 1.72 bits per heavy atom. The van der Waals surface area contributed by atoms with Crippen molar-refractivity contribution in [2.24, 2.45) is 11.8 Å². The van der Waals surface area contributed by atoms with Crippen LogP contribution in [0.1, 0.15) is 65.2 Å². The number of rotatable bonds is 8. The van der Waals surface area contributed by atoms with Crippen LogP contribution in [0, 0.1) is 11.8 Å². The van der Waals surface area contributed by atoms with Crippen LogP contribution < -0.4 is 5.32 Å². The lowest BCUT2D eigenvalue weighted by atomic mass is 9.77. The molecule has 0 aromatic heterocycles. The molecule has 2 fully saturated rings. The molecule has 2 rings (SSSR count). The number of hydrogen-bond acceptors (Lipinski definition) is 2. The van der Waals surface area contributed by atoms with Crippen LogP contribution in [-0.2, 0) is 4.74 Å². The summed E-state index contributed by atoms with van der Waals surface area (Å²) in [5.41, 5.74) is 0. The van der Waals surface area contributed by atoms with Crippen molar-refractivity contribution in [2.45, 2.75) is 77.4 Å². The molecule has 0 spiro atoms. The third-order valence-corrected chi connectivity index (χ3v) is 4.80. The van der Waals surface area contributed by atoms with Crippen LogP contribution in [0.3, 0.4) is 0 Å². The van der Waals surface area contributed by atoms with Gasteiger partial charge in [0.25, 0.3) is 0 Å². The topological polar surface area (TPSA) is 21.3 Å². The quantitative estimate of drug-likeness (QED) is 0.711. The van der Waals surface area contributed by atoms with Crippen molar-refractivity contribution >= 4 is 0 Å². The summed E-state index contributed by atoms with van der Waals surface area (Å²) >= 11 is 0. The van der Waals surface area contributed by atoms with Crippen molar-refractivity contribution in [1.29, 1.82) is 0 Å². The second kappa shape index (κ2) is 7.49. The van der Waals surface area contributed by atoms with Crippen molar-refractivity contribution in [3.05, 3.63) is 0 Å². The minimum atomic E-state index is 0.578. The van der Waals surface area contributed by atoms with Crippen LogP contribution in [0.15, 0.2) is 0 Å². The molecule has 0 aromatic carbocycles. The van der Waals surface area contributed by atoms with E-state index in [1.165, 1.54) is 51.4 Å². The molecule has 2 heteroatoms. The van der Waals surface area contributed by atoms with E-state index in [0.29, 0.717) is 6.10 Å². The summed E-state index contributed by atoms with van der Waals surface area (Å²) in [6.07, 6.45) is 11.9. The van der Waals surface area contributed by atoms with Gasteiger partial charge in [0.2, 0.25) is 0 Å². The molecule has 0 heterocycles. The lowest BCUT2D eigenvalue weighted by molar-refractivity contribution is -0.0295. The highest BCUT2D eigenvalue weighted by atomic mass is 16.5. The zero-order chi connectivity index (χ0) is 12.8. The first-order valence-electron chi connectivity index (χ1n) is 8.16. The van der Waals surface area contributed by atoms with Gasteiger partial charge in [0.05, 0.1) is 6.10 Å². The Balaban J connectivity index is 1.66. The van der Waals surface area contributed by atoms with E-state index in [2.05, 4.69) is 19.2 Å². The van der Waals surface area contributed by atoms with Gasteiger partial charge in [0, 0.05) is 12.6 Å². The molecule has 2 aliphatic carbocycles. The molecular formula is C16H31NO. The molecule has 18 heavy (non-hydrogen) atoms. The molecule has 2 aliphatic rings. The highest BCUT2D eigenvalue weighted by Gasteiger charge is 2.32. The summed E-state index contributed by atoms with van der Waals surface area (Å²) < 4.78 is 5.66. The smallest absolute Gasteiger partial charge is 0.0580 e. The Morgan fingerprint density at radius 3 is 2.33 bits per heavy atom. The molecule has 2 nitrogen and oxygen atoms in total. The molecule has 1 unspecified atom stereocenters. The van der Waals surface area contributed by atoms with Crippen molar-refractivity contribution in [3.63, 3.8) is 0 Å². The van der Waals surface area contributed by atoms with Crippen LogP contribution in [-0.4, -0.2) is 25.3 Å². The molecule has 0 bridgehead atoms. The molecule has 0 aliphatic heterocycles. The maximum atomic E-state index is 5.66. The Morgan fingerprint density at radius 1 is 1.06 bits per heavy atom. The predicted octanol–water partition coefficient (Wildman–Crippen LogP) is 3.75. The number of hydrogen-bond donors (Lipinski definition) is 1. The van der Waals surface area contributed by atoms with E-state index in [4.69, 9.17) is 4.74 Å². The second-order valence-electron chi connectivity index (χ2n) is 6.29. The van der Waals surface area contributed by atoms with Gasteiger partial charge in [-0.1, -0.05) is 32.6 Å². The standard InChI is InChI=1S/C16H31NO/c1-3-17-15(9-13-7-5-6-8-13)10-14-11-16(12-14)18-4-2/h13-17H,3-12H2,1-2H3. The normalized spacial score (nSPS) is 30.3. The molecule has 0 amide bonds. The van der Waals surface area contributed by atoms with E-state index in [-0.39, 0.29) is 0 Å². The molecular weight excluding hydrogens is 222 g/mol. The van der Waals surface area contributed by atoms with Crippen LogP contribution >= 0.6 is 0 Å². The monoisotopic (exact) mass is 253 g/mol. The lowest BCUT2D eigenvalue weighted by Gasteiger charge is -2.37. The number of ether oxygens (including phenoxy) is 1. The highest BCUT2D eigenvalue weighted by molar-refractivity contribution is 4.85. The Hall–Kier alpha value is -0.0800. The van der Waals surface area contributed by atoms with Gasteiger partial charge in [0.15, 0.2) is 0 Å². The van der Waals surface area contributed by atoms with E-state index in [1.807, 2.05) is 0 Å². The molecule has 0 radical (unpaired) electrons. The lowest BCUT2D eigenvalue weighted by Crippen LogP contribution is -2.39. The van der Waals surface area contributed by atoms with Gasteiger partial charge in [-0.05, 0) is 51.0 Å². The first-order valence-corrected chi connectivity index (χ1v) is 8.16. The third-order valence-electron chi connectivity index (χ3n) is 4.80. The van der Waals surface area contributed by atoms with Crippen LogP contribution in [0.5, 0.6) is 0 Å². The summed E-state index contributed by atoms with van der Waals surface area (Å²) in [5, 5.41) is 3.71. The van der Waals surface area contributed by atoms with Crippen molar-refractivity contribution < 1.29 is 4.74 Å². The van der Waals surface area contributed by atoms with Gasteiger partial charge in [-0.15, -0.1) is 0 Å². The summed E-state index contributed by atoms with van der Waals surface area (Å²) in [6.45, 7) is 6.36. The fourth-order valence-corrected chi connectivity index (χ4v) is 3.84. The average Bonchev–Trinajstić information content (AvgIpc) is 2.79. The van der Waals surface area contributed by atoms with E-state index in [9.17, 15) is 0 Å². The molecule has 106 valence electrons. The third kappa shape index (κ3) is 4.24. The summed E-state index contributed by atoms with van der Waals surface area (Å²) in [7, 11) is 0. The molecule has 1 atom stereocenters. The highest BCUT2D eigenvalue weighted by Crippen LogP contribution is 2.36. The van der Waals surface area contributed by atoms with Crippen molar-refractivity contribution in [3.8, 4) is 0 Å². The van der Waals surface area contributed by atoms with Crippen LogP contribution in [0.25, 0.3) is 0 Å². The van der Waals surface area contributed by atoms with E-state index < -0.39 is 0 Å². The van der Waals surface area contributed by atoms with E-state index in [0.717, 1.165) is 31.0 Å². The van der Waals surface area contributed by atoms with Gasteiger partial charge in [0.1, 0.15) is 0 Å². The minimum Gasteiger partial charge on any atom is -0.378 e. The molecule has 0 saturated heterocycles. The van der Waals surface area contributed by atoms with Crippen LogP contribution in [0.2, 0.25) is 0 Å². The Labute approximate surface area is 113 Å². The fourth-order valence-electron chi connectivity index (χ4n) is 3.84. The van der Waals surface area contributed by atoms with Gasteiger partial charge in [-0.2, -0.15) is 0 Å². The first-order chi connectivity index (χ1) is 8.81. The van der Waals surface area contributed by atoms with Gasteiger partial charge >= 0.3 is 0 Å². The molecule has 1 N–H and O–H groups in total. The van der Waals surface area contributed by atoms with Crippen molar-refractivity contribution in [2.75, 3.05) is 13.2 Å². The van der Waals surface area contributed by atoms with Gasteiger partial charge < -0.3 is 10.1 Å². The maximum absolute atomic E-state index is 5.66. The fraction of sp³-hybridized carbons (Fsp3) is 1.00. The number of nitrogens with one attached hydrogen (secondary N) is 1. The van der Waals surface area contributed by atoms with Gasteiger partial charge in [-0.25, -0.2) is 0 Å².